The molecule has 1 aliphatic heterocycles. The van der Waals surface area contributed by atoms with Gasteiger partial charge in [0.1, 0.15) is 15.7 Å². The van der Waals surface area contributed by atoms with Crippen LogP contribution >= 0.6 is 11.3 Å². The number of hydrogen-bond donors (Lipinski definition) is 1. The van der Waals surface area contributed by atoms with E-state index in [0.29, 0.717) is 23.7 Å². The van der Waals surface area contributed by atoms with Crippen LogP contribution in [0.3, 0.4) is 0 Å². The van der Waals surface area contributed by atoms with Crippen LogP contribution in [0.2, 0.25) is 0 Å². The largest absolute Gasteiger partial charge is 0.465 e. The molecule has 1 aliphatic carbocycles. The number of nitrogens with one attached hydrogen (secondary N) is 1. The number of rotatable bonds is 5. The van der Waals surface area contributed by atoms with Crippen LogP contribution in [0.15, 0.2) is 15.4 Å². The summed E-state index contributed by atoms with van der Waals surface area (Å²) in [5.41, 5.74) is 1.32. The predicted octanol–water partition coefficient (Wildman–Crippen LogP) is 3.35. The first-order valence-electron chi connectivity index (χ1n) is 9.97. The predicted molar refractivity (Wildman–Crippen MR) is 112 cm³/mol. The number of methoxy groups -OCH3 is 1. The van der Waals surface area contributed by atoms with Gasteiger partial charge in [-0.05, 0) is 51.0 Å². The first kappa shape index (κ1) is 21.1. The Balaban J connectivity index is 1.63. The third kappa shape index (κ3) is 3.67. The molecule has 2 aliphatic rings. The summed E-state index contributed by atoms with van der Waals surface area (Å²) in [6, 6.07) is 1.27. The Bertz CT molecular complexity index is 1090. The summed E-state index contributed by atoms with van der Waals surface area (Å²) in [4.78, 5) is 26.3. The second kappa shape index (κ2) is 8.16. The minimum Gasteiger partial charge on any atom is -0.465 e. The van der Waals surface area contributed by atoms with E-state index in [0.717, 1.165) is 49.0 Å². The van der Waals surface area contributed by atoms with Gasteiger partial charge in [0, 0.05) is 24.0 Å². The van der Waals surface area contributed by atoms with E-state index >= 15 is 0 Å². The van der Waals surface area contributed by atoms with Crippen LogP contribution in [-0.4, -0.2) is 44.8 Å². The summed E-state index contributed by atoms with van der Waals surface area (Å²) >= 11 is 1.36. The maximum atomic E-state index is 12.8. The second-order valence-electron chi connectivity index (χ2n) is 7.50. The Kier molecular flexibility index (Phi) is 5.73. The van der Waals surface area contributed by atoms with Crippen molar-refractivity contribution in [3.05, 3.63) is 33.6 Å². The zero-order chi connectivity index (χ0) is 21.5. The summed E-state index contributed by atoms with van der Waals surface area (Å²) in [5.74, 6) is -1.01. The van der Waals surface area contributed by atoms with Crippen LogP contribution in [0, 0.1) is 6.92 Å². The highest BCUT2D eigenvalue weighted by atomic mass is 32.2. The van der Waals surface area contributed by atoms with Gasteiger partial charge >= 0.3 is 5.97 Å². The Hall–Kier alpha value is -2.17. The van der Waals surface area contributed by atoms with Crippen molar-refractivity contribution < 1.29 is 27.2 Å². The fourth-order valence-corrected chi connectivity index (χ4v) is 6.99. The van der Waals surface area contributed by atoms with Gasteiger partial charge < -0.3 is 14.5 Å². The highest BCUT2D eigenvalue weighted by Gasteiger charge is 2.33. The van der Waals surface area contributed by atoms with Gasteiger partial charge in [0.25, 0.3) is 5.91 Å². The summed E-state index contributed by atoms with van der Waals surface area (Å²) in [6.07, 6.45) is 5.29. The monoisotopic (exact) mass is 452 g/mol. The highest BCUT2D eigenvalue weighted by Crippen LogP contribution is 2.39. The number of thiophene rings is 1. The Morgan fingerprint density at radius 3 is 2.57 bits per heavy atom. The third-order valence-corrected chi connectivity index (χ3v) is 8.78. The third-order valence-electron chi connectivity index (χ3n) is 5.57. The molecule has 0 saturated carbocycles. The van der Waals surface area contributed by atoms with Crippen molar-refractivity contribution in [2.24, 2.45) is 0 Å². The minimum absolute atomic E-state index is 0.00761. The van der Waals surface area contributed by atoms with E-state index in [-0.39, 0.29) is 16.4 Å². The van der Waals surface area contributed by atoms with Gasteiger partial charge in [0.05, 0.1) is 12.7 Å². The molecule has 0 bridgehead atoms. The van der Waals surface area contributed by atoms with E-state index in [1.807, 2.05) is 0 Å². The number of sulfonamides is 1. The molecule has 0 atom stereocenters. The molecule has 8 nitrogen and oxygen atoms in total. The molecule has 1 N–H and O–H groups in total. The van der Waals surface area contributed by atoms with E-state index in [1.165, 1.54) is 35.7 Å². The SMILES string of the molecule is COC(=O)c1c(NC(=O)c2cc(S(=O)(=O)N3CCCC3)c(C)o2)sc2c1CCCC2. The van der Waals surface area contributed by atoms with Crippen molar-refractivity contribution >= 4 is 38.2 Å². The molecule has 0 unspecified atom stereocenters. The molecule has 2 aromatic rings. The number of carbonyl (C=O) groups is 2. The number of anilines is 1. The number of ether oxygens (including phenoxy) is 1. The summed E-state index contributed by atoms with van der Waals surface area (Å²) in [5, 5.41) is 3.15. The van der Waals surface area contributed by atoms with E-state index in [4.69, 9.17) is 9.15 Å². The first-order valence-corrected chi connectivity index (χ1v) is 12.2. The van der Waals surface area contributed by atoms with Crippen LogP contribution in [0.25, 0.3) is 0 Å². The van der Waals surface area contributed by atoms with Crippen molar-refractivity contribution in [3.8, 4) is 0 Å². The number of fused-ring (bicyclic) bond motifs is 1. The highest BCUT2D eigenvalue weighted by molar-refractivity contribution is 7.89. The average molecular weight is 453 g/mol. The summed E-state index contributed by atoms with van der Waals surface area (Å²) in [6.45, 7) is 2.47. The summed E-state index contributed by atoms with van der Waals surface area (Å²) < 4.78 is 37.5. The normalized spacial score (nSPS) is 17.0. The van der Waals surface area contributed by atoms with Gasteiger partial charge in [-0.15, -0.1) is 11.3 Å². The molecule has 1 amide bonds. The van der Waals surface area contributed by atoms with Gasteiger partial charge in [-0.3, -0.25) is 4.79 Å². The lowest BCUT2D eigenvalue weighted by Gasteiger charge is -2.14. The molecule has 0 radical (unpaired) electrons. The molecule has 4 rings (SSSR count). The van der Waals surface area contributed by atoms with Crippen LogP contribution in [0.5, 0.6) is 0 Å². The Labute approximate surface area is 179 Å². The standard InChI is InChI=1S/C20H24N2O6S2/c1-12-16(30(25,26)22-9-5-6-10-22)11-14(28-12)18(23)21-19-17(20(24)27-2)13-7-3-4-8-15(13)29-19/h11H,3-10H2,1-2H3,(H,21,23). The number of amides is 1. The lowest BCUT2D eigenvalue weighted by molar-refractivity contribution is 0.0601. The maximum absolute atomic E-state index is 12.8. The number of hydrogen-bond acceptors (Lipinski definition) is 7. The molecular formula is C20H24N2O6S2. The van der Waals surface area contributed by atoms with Gasteiger partial charge in [-0.1, -0.05) is 0 Å². The molecule has 1 fully saturated rings. The van der Waals surface area contributed by atoms with Gasteiger partial charge in [0.15, 0.2) is 5.76 Å². The Morgan fingerprint density at radius 1 is 1.17 bits per heavy atom. The minimum atomic E-state index is -3.69. The number of furan rings is 1. The van der Waals surface area contributed by atoms with Gasteiger partial charge in [-0.25, -0.2) is 13.2 Å². The average Bonchev–Trinajstić information content (AvgIpc) is 3.45. The van der Waals surface area contributed by atoms with E-state index in [2.05, 4.69) is 5.32 Å². The van der Waals surface area contributed by atoms with Crippen molar-refractivity contribution in [1.29, 1.82) is 0 Å². The van der Waals surface area contributed by atoms with Crippen molar-refractivity contribution in [2.45, 2.75) is 50.3 Å². The zero-order valence-electron chi connectivity index (χ0n) is 16.9. The van der Waals surface area contributed by atoms with E-state index in [1.54, 1.807) is 0 Å². The molecule has 30 heavy (non-hydrogen) atoms. The molecule has 162 valence electrons. The van der Waals surface area contributed by atoms with Crippen LogP contribution in [-0.2, 0) is 27.6 Å². The lowest BCUT2D eigenvalue weighted by Crippen LogP contribution is -2.28. The number of esters is 1. The van der Waals surface area contributed by atoms with Crippen molar-refractivity contribution in [3.63, 3.8) is 0 Å². The van der Waals surface area contributed by atoms with Crippen LogP contribution in [0.1, 0.15) is 62.8 Å². The van der Waals surface area contributed by atoms with Gasteiger partial charge in [-0.2, -0.15) is 4.31 Å². The fourth-order valence-electron chi connectivity index (χ4n) is 4.04. The van der Waals surface area contributed by atoms with Crippen LogP contribution in [0.4, 0.5) is 5.00 Å². The number of nitrogens with zero attached hydrogens (tertiary/aromatic N) is 1. The quantitative estimate of drug-likeness (QED) is 0.698. The first-order chi connectivity index (χ1) is 14.3. The van der Waals surface area contributed by atoms with E-state index in [9.17, 15) is 18.0 Å². The van der Waals surface area contributed by atoms with Crippen molar-refractivity contribution in [2.75, 3.05) is 25.5 Å². The molecule has 0 aromatic carbocycles. The van der Waals surface area contributed by atoms with Gasteiger partial charge in [0.2, 0.25) is 10.0 Å². The zero-order valence-corrected chi connectivity index (χ0v) is 18.6. The molecule has 1 saturated heterocycles. The molecule has 10 heteroatoms. The molecule has 2 aromatic heterocycles. The number of aryl methyl sites for hydroxylation is 2. The topological polar surface area (TPSA) is 106 Å². The van der Waals surface area contributed by atoms with E-state index < -0.39 is 21.9 Å². The second-order valence-corrected chi connectivity index (χ2v) is 10.5. The van der Waals surface area contributed by atoms with Crippen LogP contribution < -0.4 is 5.32 Å². The fraction of sp³-hybridized carbons (Fsp3) is 0.500. The number of carbonyl (C=O) groups excluding carboxylic acids is 2. The summed E-state index contributed by atoms with van der Waals surface area (Å²) in [7, 11) is -2.38. The molecule has 3 heterocycles. The Morgan fingerprint density at radius 2 is 1.87 bits per heavy atom. The lowest BCUT2D eigenvalue weighted by atomic mass is 9.95. The maximum Gasteiger partial charge on any atom is 0.341 e. The molecular weight excluding hydrogens is 428 g/mol. The smallest absolute Gasteiger partial charge is 0.341 e. The van der Waals surface area contributed by atoms with Crippen molar-refractivity contribution in [1.82, 2.24) is 4.31 Å². The molecule has 0 spiro atoms.